The van der Waals surface area contributed by atoms with Crippen LogP contribution in [0.4, 0.5) is 0 Å². The third kappa shape index (κ3) is 5.82. The van der Waals surface area contributed by atoms with Crippen molar-refractivity contribution in [3.05, 3.63) is 217 Å². The summed E-state index contributed by atoms with van der Waals surface area (Å²) < 4.78 is 9.48. The average molecular weight is 833 g/mol. The minimum atomic E-state index is -0.199. The lowest BCUT2D eigenvalue weighted by Gasteiger charge is -2.23. The van der Waals surface area contributed by atoms with Crippen molar-refractivity contribution in [3.8, 4) is 73.2 Å². The van der Waals surface area contributed by atoms with Crippen molar-refractivity contribution < 1.29 is 4.42 Å². The highest BCUT2D eigenvalue weighted by molar-refractivity contribution is 6.15. The van der Waals surface area contributed by atoms with Crippen molar-refractivity contribution in [2.75, 3.05) is 0 Å². The van der Waals surface area contributed by atoms with Crippen LogP contribution in [-0.4, -0.2) is 19.5 Å². The molecule has 0 saturated heterocycles. The van der Waals surface area contributed by atoms with Gasteiger partial charge in [-0.25, -0.2) is 15.0 Å². The van der Waals surface area contributed by atoms with Gasteiger partial charge in [-0.2, -0.15) is 0 Å². The van der Waals surface area contributed by atoms with E-state index in [4.69, 9.17) is 19.4 Å². The Hall–Kier alpha value is -8.41. The Morgan fingerprint density at radius 2 is 0.969 bits per heavy atom. The zero-order chi connectivity index (χ0) is 43.2. The SMILES string of the molecule is CC1(C)c2ccccc2-c2ccc3c4ccccc4n(-c4ccc5c(c4)oc4cc(-c6ccccc6)cc(-c6nc(-c7ccccc7)nc(-c7ccc(-c8ccccc8)cc7)n6)c45)c3c21. The fourth-order valence-electron chi connectivity index (χ4n) is 10.4. The summed E-state index contributed by atoms with van der Waals surface area (Å²) in [7, 11) is 0. The van der Waals surface area contributed by atoms with E-state index in [9.17, 15) is 0 Å². The smallest absolute Gasteiger partial charge is 0.164 e. The summed E-state index contributed by atoms with van der Waals surface area (Å²) in [4.78, 5) is 15.7. The second kappa shape index (κ2) is 14.3. The van der Waals surface area contributed by atoms with E-state index < -0.39 is 0 Å². The molecule has 5 heteroatoms. The number of aromatic nitrogens is 4. The highest BCUT2D eigenvalue weighted by atomic mass is 16.3. The molecule has 0 N–H and O–H groups in total. The molecule has 0 spiro atoms. The van der Waals surface area contributed by atoms with Crippen LogP contribution in [0.1, 0.15) is 25.0 Å². The first-order valence-electron chi connectivity index (χ1n) is 22.2. The molecule has 0 bridgehead atoms. The summed E-state index contributed by atoms with van der Waals surface area (Å²) in [5.41, 5.74) is 17.2. The number of rotatable bonds is 6. The summed E-state index contributed by atoms with van der Waals surface area (Å²) in [6.07, 6.45) is 0. The number of benzene rings is 9. The van der Waals surface area contributed by atoms with Crippen molar-refractivity contribution in [1.29, 1.82) is 0 Å². The lowest BCUT2D eigenvalue weighted by molar-refractivity contribution is 0.663. The lowest BCUT2D eigenvalue weighted by atomic mass is 9.81. The average Bonchev–Trinajstić information content (AvgIpc) is 3.99. The molecule has 13 rings (SSSR count). The van der Waals surface area contributed by atoms with Gasteiger partial charge in [0, 0.05) is 55.4 Å². The van der Waals surface area contributed by atoms with Gasteiger partial charge in [0.1, 0.15) is 11.2 Å². The van der Waals surface area contributed by atoms with Gasteiger partial charge < -0.3 is 8.98 Å². The summed E-state index contributed by atoms with van der Waals surface area (Å²) >= 11 is 0. The Morgan fingerprint density at radius 1 is 0.400 bits per heavy atom. The van der Waals surface area contributed by atoms with Gasteiger partial charge in [-0.1, -0.05) is 184 Å². The van der Waals surface area contributed by atoms with Crippen LogP contribution in [0.15, 0.2) is 211 Å². The van der Waals surface area contributed by atoms with E-state index in [1.165, 1.54) is 38.5 Å². The highest BCUT2D eigenvalue weighted by Gasteiger charge is 2.38. The third-order valence-corrected chi connectivity index (χ3v) is 13.4. The van der Waals surface area contributed by atoms with Crippen molar-refractivity contribution in [3.63, 3.8) is 0 Å². The van der Waals surface area contributed by atoms with Crippen molar-refractivity contribution >= 4 is 43.7 Å². The van der Waals surface area contributed by atoms with Gasteiger partial charge >= 0.3 is 0 Å². The van der Waals surface area contributed by atoms with Crippen LogP contribution in [0.2, 0.25) is 0 Å². The molecule has 1 aliphatic rings. The molecule has 0 amide bonds. The zero-order valence-corrected chi connectivity index (χ0v) is 35.8. The number of para-hydroxylation sites is 1. The van der Waals surface area contributed by atoms with E-state index >= 15 is 0 Å². The normalized spacial score (nSPS) is 12.9. The second-order valence-corrected chi connectivity index (χ2v) is 17.6. The molecule has 3 aromatic heterocycles. The van der Waals surface area contributed by atoms with Crippen LogP contribution in [0, 0.1) is 0 Å². The Bertz CT molecular complexity index is 3830. The summed E-state index contributed by atoms with van der Waals surface area (Å²) in [5.74, 6) is 1.79. The van der Waals surface area contributed by atoms with Crippen molar-refractivity contribution in [1.82, 2.24) is 19.5 Å². The molecule has 0 saturated carbocycles. The Kier molecular flexibility index (Phi) is 8.18. The number of hydrogen-bond acceptors (Lipinski definition) is 4. The van der Waals surface area contributed by atoms with Crippen LogP contribution >= 0.6 is 0 Å². The molecular formula is C60H40N4O. The molecular weight excluding hydrogens is 793 g/mol. The molecule has 12 aromatic rings. The number of nitrogens with zero attached hydrogens (tertiary/aromatic N) is 4. The number of hydrogen-bond donors (Lipinski definition) is 0. The van der Waals surface area contributed by atoms with Gasteiger partial charge in [0.15, 0.2) is 17.5 Å². The first-order valence-corrected chi connectivity index (χ1v) is 22.2. The van der Waals surface area contributed by atoms with Crippen LogP contribution < -0.4 is 0 Å². The van der Waals surface area contributed by atoms with E-state index in [1.807, 2.05) is 30.3 Å². The predicted octanol–water partition coefficient (Wildman–Crippen LogP) is 15.5. The lowest BCUT2D eigenvalue weighted by Crippen LogP contribution is -2.16. The van der Waals surface area contributed by atoms with Gasteiger partial charge in [-0.3, -0.25) is 0 Å². The summed E-state index contributed by atoms with van der Waals surface area (Å²) in [6, 6.07) is 72.8. The molecule has 0 atom stereocenters. The summed E-state index contributed by atoms with van der Waals surface area (Å²) in [5, 5.41) is 4.43. The zero-order valence-electron chi connectivity index (χ0n) is 35.8. The molecule has 0 fully saturated rings. The molecule has 0 radical (unpaired) electrons. The summed E-state index contributed by atoms with van der Waals surface area (Å²) in [6.45, 7) is 4.73. The standard InChI is InChI=1S/C60H40N4O/c1-60(2)50-24-14-12-22-44(50)46-32-33-47-45-23-13-15-25-51(45)64(56(47)55(46)60)43-30-31-48-52(36-43)65-53-35-42(38-18-8-4-9-19-38)34-49(54(48)53)59-62-57(40-20-10-5-11-21-40)61-58(63-59)41-28-26-39(27-29-41)37-16-6-3-7-17-37/h3-36H,1-2H3. The van der Waals surface area contributed by atoms with Gasteiger partial charge in [-0.15, -0.1) is 0 Å². The van der Waals surface area contributed by atoms with Crippen LogP contribution in [0.25, 0.3) is 117 Å². The van der Waals surface area contributed by atoms with Gasteiger partial charge in [0.2, 0.25) is 0 Å². The minimum Gasteiger partial charge on any atom is -0.456 e. The molecule has 5 nitrogen and oxygen atoms in total. The first-order chi connectivity index (χ1) is 32.0. The van der Waals surface area contributed by atoms with E-state index in [0.717, 1.165) is 72.1 Å². The number of fused-ring (bicyclic) bond motifs is 10. The maximum absolute atomic E-state index is 7.02. The van der Waals surface area contributed by atoms with Crippen LogP contribution in [-0.2, 0) is 5.41 Å². The monoisotopic (exact) mass is 832 g/mol. The molecule has 9 aromatic carbocycles. The first kappa shape index (κ1) is 37.2. The molecule has 306 valence electrons. The fraction of sp³-hybridized carbons (Fsp3) is 0.0500. The predicted molar refractivity (Wildman–Crippen MR) is 266 cm³/mol. The van der Waals surface area contributed by atoms with Gasteiger partial charge in [-0.05, 0) is 74.8 Å². The minimum absolute atomic E-state index is 0.199. The van der Waals surface area contributed by atoms with Crippen molar-refractivity contribution in [2.45, 2.75) is 19.3 Å². The molecule has 1 aliphatic carbocycles. The Balaban J connectivity index is 1.04. The van der Waals surface area contributed by atoms with E-state index in [-0.39, 0.29) is 5.41 Å². The van der Waals surface area contributed by atoms with Crippen LogP contribution in [0.5, 0.6) is 0 Å². The molecule has 3 heterocycles. The van der Waals surface area contributed by atoms with Gasteiger partial charge in [0.25, 0.3) is 0 Å². The maximum Gasteiger partial charge on any atom is 0.164 e. The quantitative estimate of drug-likeness (QED) is 0.167. The van der Waals surface area contributed by atoms with Crippen molar-refractivity contribution in [2.24, 2.45) is 0 Å². The maximum atomic E-state index is 7.02. The Morgan fingerprint density at radius 3 is 1.71 bits per heavy atom. The largest absolute Gasteiger partial charge is 0.456 e. The highest BCUT2D eigenvalue weighted by Crippen LogP contribution is 2.53. The topological polar surface area (TPSA) is 56.7 Å². The van der Waals surface area contributed by atoms with E-state index in [2.05, 4.69) is 194 Å². The third-order valence-electron chi connectivity index (χ3n) is 13.4. The van der Waals surface area contributed by atoms with E-state index in [0.29, 0.717) is 17.5 Å². The second-order valence-electron chi connectivity index (χ2n) is 17.6. The van der Waals surface area contributed by atoms with Gasteiger partial charge in [0.05, 0.1) is 11.0 Å². The molecule has 0 unspecified atom stereocenters. The Labute approximate surface area is 376 Å². The molecule has 65 heavy (non-hydrogen) atoms. The van der Waals surface area contributed by atoms with Crippen LogP contribution in [0.3, 0.4) is 0 Å². The van der Waals surface area contributed by atoms with E-state index in [1.54, 1.807) is 0 Å². The fourth-order valence-corrected chi connectivity index (χ4v) is 10.4. The number of furan rings is 1. The molecule has 0 aliphatic heterocycles.